The van der Waals surface area contributed by atoms with Crippen molar-refractivity contribution in [2.24, 2.45) is 0 Å². The van der Waals surface area contributed by atoms with Gasteiger partial charge in [0.2, 0.25) is 0 Å². The molecule has 2 aromatic rings. The predicted molar refractivity (Wildman–Crippen MR) is 82.3 cm³/mol. The largest absolute Gasteiger partial charge is 0.399 e. The lowest BCUT2D eigenvalue weighted by atomic mass is 10.2. The molecule has 2 rings (SSSR count). The van der Waals surface area contributed by atoms with Crippen LogP contribution in [0.15, 0.2) is 41.3 Å². The molecule has 0 atom stereocenters. The maximum Gasteiger partial charge on any atom is 0.267 e. The molecule has 0 amide bonds. The van der Waals surface area contributed by atoms with E-state index in [1.807, 2.05) is 13.0 Å². The van der Waals surface area contributed by atoms with Crippen molar-refractivity contribution in [2.75, 3.05) is 17.1 Å². The van der Waals surface area contributed by atoms with E-state index in [2.05, 4.69) is 0 Å². The van der Waals surface area contributed by atoms with Gasteiger partial charge in [0.05, 0.1) is 5.69 Å². The smallest absolute Gasteiger partial charge is 0.267 e. The number of rotatable bonds is 3. The van der Waals surface area contributed by atoms with Gasteiger partial charge in [0.15, 0.2) is 0 Å². The minimum Gasteiger partial charge on any atom is -0.399 e. The van der Waals surface area contributed by atoms with Gasteiger partial charge in [-0.3, -0.25) is 4.31 Å². The Morgan fingerprint density at radius 1 is 1.14 bits per heavy atom. The van der Waals surface area contributed by atoms with Crippen LogP contribution in [-0.2, 0) is 10.0 Å². The Labute approximate surface area is 124 Å². The van der Waals surface area contributed by atoms with Crippen molar-refractivity contribution >= 4 is 21.4 Å². The van der Waals surface area contributed by atoms with Crippen molar-refractivity contribution in [3.05, 3.63) is 53.3 Å². The molecule has 0 aliphatic heterocycles. The zero-order valence-corrected chi connectivity index (χ0v) is 12.9. The molecule has 0 fully saturated rings. The Balaban J connectivity index is 2.57. The highest BCUT2D eigenvalue weighted by atomic mass is 32.2. The average molecular weight is 308 g/mol. The molecule has 0 unspecified atom stereocenters. The first-order valence-electron chi connectivity index (χ1n) is 6.34. The van der Waals surface area contributed by atoms with E-state index < -0.39 is 20.7 Å². The number of hydrogen-bond donors (Lipinski definition) is 1. The maximum atomic E-state index is 14.2. The van der Waals surface area contributed by atoms with Crippen molar-refractivity contribution in [1.82, 2.24) is 0 Å². The number of hydrogen-bond acceptors (Lipinski definition) is 3. The number of benzene rings is 2. The van der Waals surface area contributed by atoms with Crippen LogP contribution in [0.4, 0.5) is 15.8 Å². The first kappa shape index (κ1) is 15.3. The second kappa shape index (κ2) is 5.37. The van der Waals surface area contributed by atoms with E-state index in [0.29, 0.717) is 5.69 Å². The summed E-state index contributed by atoms with van der Waals surface area (Å²) in [5, 5.41) is 0. The number of nitrogens with two attached hydrogens (primary N) is 1. The van der Waals surface area contributed by atoms with Gasteiger partial charge in [-0.15, -0.1) is 0 Å². The van der Waals surface area contributed by atoms with Crippen molar-refractivity contribution < 1.29 is 12.8 Å². The lowest BCUT2D eigenvalue weighted by molar-refractivity contribution is 0.561. The highest BCUT2D eigenvalue weighted by Gasteiger charge is 2.26. The van der Waals surface area contributed by atoms with Gasteiger partial charge in [-0.1, -0.05) is 12.1 Å². The molecule has 2 aromatic carbocycles. The first-order chi connectivity index (χ1) is 9.73. The van der Waals surface area contributed by atoms with Gasteiger partial charge in [-0.2, -0.15) is 0 Å². The van der Waals surface area contributed by atoms with Crippen molar-refractivity contribution in [3.63, 3.8) is 0 Å². The fourth-order valence-corrected chi connectivity index (χ4v) is 3.42. The van der Waals surface area contributed by atoms with Crippen LogP contribution >= 0.6 is 0 Å². The maximum absolute atomic E-state index is 14.2. The van der Waals surface area contributed by atoms with Crippen LogP contribution in [0.5, 0.6) is 0 Å². The minimum absolute atomic E-state index is 0.200. The van der Waals surface area contributed by atoms with E-state index in [1.165, 1.54) is 20.0 Å². The third-order valence-corrected chi connectivity index (χ3v) is 5.03. The number of nitrogen functional groups attached to an aromatic ring is 1. The van der Waals surface area contributed by atoms with Crippen LogP contribution in [0.1, 0.15) is 11.1 Å². The second-order valence-electron chi connectivity index (χ2n) is 4.96. The van der Waals surface area contributed by atoms with Gasteiger partial charge >= 0.3 is 0 Å². The molecule has 0 heterocycles. The van der Waals surface area contributed by atoms with Gasteiger partial charge < -0.3 is 5.73 Å². The zero-order chi connectivity index (χ0) is 15.8. The van der Waals surface area contributed by atoms with Gasteiger partial charge in [0.1, 0.15) is 10.7 Å². The fraction of sp³-hybridized carbons (Fsp3) is 0.200. The molecule has 0 aliphatic rings. The third kappa shape index (κ3) is 2.85. The molecule has 6 heteroatoms. The lowest BCUT2D eigenvalue weighted by Crippen LogP contribution is -2.27. The number of aryl methyl sites for hydroxylation is 2. The predicted octanol–water partition coefficient (Wildman–Crippen LogP) is 2.85. The summed E-state index contributed by atoms with van der Waals surface area (Å²) in [4.78, 5) is -0.413. The number of sulfonamides is 1. The molecule has 0 spiro atoms. The molecule has 0 radical (unpaired) electrons. The standard InChI is InChI=1S/C15H17FN2O2S/c1-10-5-4-6-13(7-10)18(3)21(19,20)14-9-12(17)8-11(2)15(14)16/h4-9H,17H2,1-3H3. The van der Waals surface area contributed by atoms with E-state index >= 15 is 0 Å². The average Bonchev–Trinajstić information content (AvgIpc) is 2.41. The summed E-state index contributed by atoms with van der Waals surface area (Å²) in [5.74, 6) is -0.774. The van der Waals surface area contributed by atoms with Gasteiger partial charge in [0.25, 0.3) is 10.0 Å². The third-order valence-electron chi connectivity index (χ3n) is 3.25. The summed E-state index contributed by atoms with van der Waals surface area (Å²) in [6.45, 7) is 3.34. The lowest BCUT2D eigenvalue weighted by Gasteiger charge is -2.21. The van der Waals surface area contributed by atoms with Crippen LogP contribution < -0.4 is 10.0 Å². The van der Waals surface area contributed by atoms with Crippen LogP contribution in [0, 0.1) is 19.7 Å². The van der Waals surface area contributed by atoms with E-state index in [9.17, 15) is 12.8 Å². The highest BCUT2D eigenvalue weighted by Crippen LogP contribution is 2.27. The van der Waals surface area contributed by atoms with Crippen molar-refractivity contribution in [1.29, 1.82) is 0 Å². The summed E-state index contributed by atoms with van der Waals surface area (Å²) in [7, 11) is -2.62. The normalized spacial score (nSPS) is 11.4. The monoisotopic (exact) mass is 308 g/mol. The molecule has 2 N–H and O–H groups in total. The van der Waals surface area contributed by atoms with Crippen LogP contribution in [0.25, 0.3) is 0 Å². The molecule has 0 saturated carbocycles. The summed E-state index contributed by atoms with van der Waals surface area (Å²) >= 11 is 0. The van der Waals surface area contributed by atoms with Crippen molar-refractivity contribution in [3.8, 4) is 0 Å². The summed E-state index contributed by atoms with van der Waals surface area (Å²) < 4.78 is 40.4. The Morgan fingerprint density at radius 3 is 2.43 bits per heavy atom. The first-order valence-corrected chi connectivity index (χ1v) is 7.78. The number of anilines is 2. The Kier molecular flexibility index (Phi) is 3.91. The summed E-state index contributed by atoms with van der Waals surface area (Å²) in [5.41, 5.74) is 7.43. The SMILES string of the molecule is Cc1cccc(N(C)S(=O)(=O)c2cc(N)cc(C)c2F)c1. The Morgan fingerprint density at radius 2 is 1.81 bits per heavy atom. The van der Waals surface area contributed by atoms with E-state index in [0.717, 1.165) is 15.9 Å². The molecule has 4 nitrogen and oxygen atoms in total. The van der Waals surface area contributed by atoms with Gasteiger partial charge in [-0.05, 0) is 49.2 Å². The minimum atomic E-state index is -4.01. The number of nitrogens with zero attached hydrogens (tertiary/aromatic N) is 1. The molecule has 0 aliphatic carbocycles. The zero-order valence-electron chi connectivity index (χ0n) is 12.1. The van der Waals surface area contributed by atoms with Crippen LogP contribution in [0.3, 0.4) is 0 Å². The Bertz CT molecular complexity index is 788. The van der Waals surface area contributed by atoms with Gasteiger partial charge in [0, 0.05) is 12.7 Å². The fourth-order valence-electron chi connectivity index (χ4n) is 2.06. The number of halogens is 1. The van der Waals surface area contributed by atoms with E-state index in [4.69, 9.17) is 5.73 Å². The topological polar surface area (TPSA) is 63.4 Å². The molecule has 0 saturated heterocycles. The van der Waals surface area contributed by atoms with E-state index in [-0.39, 0.29) is 11.3 Å². The highest BCUT2D eigenvalue weighted by molar-refractivity contribution is 7.92. The molecule has 0 bridgehead atoms. The molecule has 21 heavy (non-hydrogen) atoms. The molecule has 112 valence electrons. The Hall–Kier alpha value is -2.08. The molecule has 0 aromatic heterocycles. The van der Waals surface area contributed by atoms with Crippen LogP contribution in [-0.4, -0.2) is 15.5 Å². The van der Waals surface area contributed by atoms with Crippen molar-refractivity contribution in [2.45, 2.75) is 18.7 Å². The van der Waals surface area contributed by atoms with E-state index in [1.54, 1.807) is 18.2 Å². The summed E-state index contributed by atoms with van der Waals surface area (Å²) in [6, 6.07) is 9.52. The van der Waals surface area contributed by atoms with Gasteiger partial charge in [-0.25, -0.2) is 12.8 Å². The molecular formula is C15H17FN2O2S. The second-order valence-corrected chi connectivity index (χ2v) is 6.90. The quantitative estimate of drug-likeness (QED) is 0.887. The molecular weight excluding hydrogens is 291 g/mol. The summed E-state index contributed by atoms with van der Waals surface area (Å²) in [6.07, 6.45) is 0. The van der Waals surface area contributed by atoms with Crippen LogP contribution in [0.2, 0.25) is 0 Å².